The van der Waals surface area contributed by atoms with Gasteiger partial charge in [-0.1, -0.05) is 42.5 Å². The van der Waals surface area contributed by atoms with Crippen molar-refractivity contribution in [2.24, 2.45) is 0 Å². The molecule has 0 heterocycles. The third kappa shape index (κ3) is 4.72. The van der Waals surface area contributed by atoms with Gasteiger partial charge in [0.05, 0.1) is 0 Å². The van der Waals surface area contributed by atoms with Gasteiger partial charge < -0.3 is 10.2 Å². The molecule has 23 heavy (non-hydrogen) atoms. The molecule has 116 valence electrons. The molecule has 0 radical (unpaired) electrons. The van der Waals surface area contributed by atoms with Crippen LogP contribution in [-0.2, 0) is 11.3 Å². The molecule has 1 amide bonds. The van der Waals surface area contributed by atoms with E-state index in [2.05, 4.69) is 5.32 Å². The Bertz CT molecular complexity index is 725. The smallest absolute Gasteiger partial charge is 0.262 e. The Morgan fingerprint density at radius 1 is 1.13 bits per heavy atom. The molecular formula is C19H19N3O. The van der Waals surface area contributed by atoms with Crippen LogP contribution >= 0.6 is 0 Å². The molecule has 1 N–H and O–H groups in total. The van der Waals surface area contributed by atoms with Crippen molar-refractivity contribution in [2.75, 3.05) is 19.0 Å². The Balaban J connectivity index is 2.06. The lowest BCUT2D eigenvalue weighted by Gasteiger charge is -2.11. The number of anilines is 1. The zero-order valence-electron chi connectivity index (χ0n) is 13.3. The van der Waals surface area contributed by atoms with E-state index in [1.165, 1.54) is 0 Å². The van der Waals surface area contributed by atoms with Crippen molar-refractivity contribution in [1.29, 1.82) is 5.26 Å². The van der Waals surface area contributed by atoms with E-state index < -0.39 is 0 Å². The highest BCUT2D eigenvalue weighted by molar-refractivity contribution is 6.01. The molecule has 4 heteroatoms. The first-order chi connectivity index (χ1) is 11.1. The predicted molar refractivity (Wildman–Crippen MR) is 92.6 cm³/mol. The van der Waals surface area contributed by atoms with Crippen molar-refractivity contribution in [3.8, 4) is 6.07 Å². The molecule has 0 saturated carbocycles. The first-order valence-electron chi connectivity index (χ1n) is 7.31. The molecule has 0 atom stereocenters. The van der Waals surface area contributed by atoms with Gasteiger partial charge in [-0.05, 0) is 29.3 Å². The van der Waals surface area contributed by atoms with E-state index in [0.717, 1.165) is 16.8 Å². The summed E-state index contributed by atoms with van der Waals surface area (Å²) in [6.07, 6.45) is 1.60. The molecule has 0 aliphatic rings. The second-order valence-electron chi connectivity index (χ2n) is 5.32. The van der Waals surface area contributed by atoms with Crippen LogP contribution in [0.1, 0.15) is 11.1 Å². The number of nitriles is 1. The van der Waals surface area contributed by atoms with E-state index in [4.69, 9.17) is 0 Å². The van der Waals surface area contributed by atoms with E-state index in [-0.39, 0.29) is 11.5 Å². The minimum atomic E-state index is -0.368. The average molecular weight is 305 g/mol. The first kappa shape index (κ1) is 16.3. The average Bonchev–Trinajstić information content (AvgIpc) is 2.59. The zero-order chi connectivity index (χ0) is 16.7. The van der Waals surface area contributed by atoms with E-state index in [0.29, 0.717) is 6.54 Å². The van der Waals surface area contributed by atoms with Gasteiger partial charge >= 0.3 is 0 Å². The number of carbonyl (C=O) groups is 1. The highest BCUT2D eigenvalue weighted by Crippen LogP contribution is 2.14. The highest BCUT2D eigenvalue weighted by Gasteiger charge is 2.08. The van der Waals surface area contributed by atoms with Crippen LogP contribution in [0.15, 0.2) is 60.2 Å². The van der Waals surface area contributed by atoms with Gasteiger partial charge in [-0.2, -0.15) is 5.26 Å². The quantitative estimate of drug-likeness (QED) is 0.682. The third-order valence-electron chi connectivity index (χ3n) is 3.38. The third-order valence-corrected chi connectivity index (χ3v) is 3.38. The van der Waals surface area contributed by atoms with Gasteiger partial charge in [0, 0.05) is 26.3 Å². The van der Waals surface area contributed by atoms with E-state index >= 15 is 0 Å². The van der Waals surface area contributed by atoms with Gasteiger partial charge in [0.1, 0.15) is 11.6 Å². The normalized spacial score (nSPS) is 10.7. The summed E-state index contributed by atoms with van der Waals surface area (Å²) in [5, 5.41) is 12.0. The number of nitrogens with zero attached hydrogens (tertiary/aromatic N) is 2. The molecule has 0 bridgehead atoms. The minimum Gasteiger partial charge on any atom is -0.378 e. The highest BCUT2D eigenvalue weighted by atomic mass is 16.1. The summed E-state index contributed by atoms with van der Waals surface area (Å²) in [5.41, 5.74) is 2.98. The van der Waals surface area contributed by atoms with Crippen molar-refractivity contribution < 1.29 is 4.79 Å². The number of rotatable bonds is 5. The van der Waals surface area contributed by atoms with Crippen molar-refractivity contribution in [3.63, 3.8) is 0 Å². The van der Waals surface area contributed by atoms with E-state index in [1.54, 1.807) is 6.08 Å². The molecule has 2 aromatic carbocycles. The molecule has 0 aliphatic carbocycles. The van der Waals surface area contributed by atoms with Crippen LogP contribution in [-0.4, -0.2) is 20.0 Å². The minimum absolute atomic E-state index is 0.0959. The largest absolute Gasteiger partial charge is 0.378 e. The second-order valence-corrected chi connectivity index (χ2v) is 5.32. The maximum atomic E-state index is 12.1. The number of carbonyl (C=O) groups excluding carboxylic acids is 1. The fraction of sp³-hybridized carbons (Fsp3) is 0.158. The molecular weight excluding hydrogens is 286 g/mol. The van der Waals surface area contributed by atoms with Gasteiger partial charge in [-0.25, -0.2) is 0 Å². The van der Waals surface area contributed by atoms with Gasteiger partial charge in [0.15, 0.2) is 0 Å². The van der Waals surface area contributed by atoms with Gasteiger partial charge in [-0.3, -0.25) is 4.79 Å². The van der Waals surface area contributed by atoms with E-state index in [9.17, 15) is 10.1 Å². The zero-order valence-corrected chi connectivity index (χ0v) is 13.3. The summed E-state index contributed by atoms with van der Waals surface area (Å²) in [5.74, 6) is -0.368. The predicted octanol–water partition coefficient (Wildman–Crippen LogP) is 2.98. The molecule has 0 saturated heterocycles. The maximum absolute atomic E-state index is 12.1. The second kappa shape index (κ2) is 7.81. The van der Waals surface area contributed by atoms with Gasteiger partial charge in [0.25, 0.3) is 5.91 Å². The van der Waals surface area contributed by atoms with Crippen LogP contribution in [0.4, 0.5) is 5.69 Å². The van der Waals surface area contributed by atoms with E-state index in [1.807, 2.05) is 79.7 Å². The summed E-state index contributed by atoms with van der Waals surface area (Å²) in [7, 11) is 3.92. The van der Waals surface area contributed by atoms with Crippen molar-refractivity contribution in [1.82, 2.24) is 5.32 Å². The number of nitrogens with one attached hydrogen (secondary N) is 1. The van der Waals surface area contributed by atoms with Crippen LogP contribution in [0, 0.1) is 11.3 Å². The fourth-order valence-corrected chi connectivity index (χ4v) is 2.06. The molecule has 0 unspecified atom stereocenters. The summed E-state index contributed by atoms with van der Waals surface area (Å²) in [6, 6.07) is 19.2. The number of benzene rings is 2. The summed E-state index contributed by atoms with van der Waals surface area (Å²) < 4.78 is 0. The SMILES string of the molecule is CN(C)c1ccc(/C=C(/C#N)C(=O)NCc2ccccc2)cc1. The molecule has 4 nitrogen and oxygen atoms in total. The molecule has 0 aromatic heterocycles. The van der Waals surface area contributed by atoms with Crippen LogP contribution in [0.2, 0.25) is 0 Å². The Hall–Kier alpha value is -3.06. The molecule has 0 aliphatic heterocycles. The van der Waals surface area contributed by atoms with Gasteiger partial charge in [0.2, 0.25) is 0 Å². The monoisotopic (exact) mass is 305 g/mol. The Morgan fingerprint density at radius 3 is 2.35 bits per heavy atom. The van der Waals surface area contributed by atoms with Crippen LogP contribution < -0.4 is 10.2 Å². The topological polar surface area (TPSA) is 56.1 Å². The summed E-state index contributed by atoms with van der Waals surface area (Å²) in [6.45, 7) is 0.401. The summed E-state index contributed by atoms with van der Waals surface area (Å²) in [4.78, 5) is 14.1. The summed E-state index contributed by atoms with van der Waals surface area (Å²) >= 11 is 0. The van der Waals surface area contributed by atoms with Crippen molar-refractivity contribution in [3.05, 3.63) is 71.3 Å². The molecule has 0 fully saturated rings. The standard InChI is InChI=1S/C19H19N3O/c1-22(2)18-10-8-15(9-11-18)12-17(13-20)19(23)21-14-16-6-4-3-5-7-16/h3-12H,14H2,1-2H3,(H,21,23)/b17-12-. The van der Waals surface area contributed by atoms with Crippen LogP contribution in [0.5, 0.6) is 0 Å². The van der Waals surface area contributed by atoms with Gasteiger partial charge in [-0.15, -0.1) is 0 Å². The number of amides is 1. The Kier molecular flexibility index (Phi) is 5.54. The molecule has 0 spiro atoms. The number of hydrogen-bond acceptors (Lipinski definition) is 3. The van der Waals surface area contributed by atoms with Crippen LogP contribution in [0.3, 0.4) is 0 Å². The first-order valence-corrected chi connectivity index (χ1v) is 7.31. The lowest BCUT2D eigenvalue weighted by atomic mass is 10.1. The molecule has 2 aromatic rings. The Morgan fingerprint density at radius 2 is 1.78 bits per heavy atom. The molecule has 2 rings (SSSR count). The Labute approximate surface area is 136 Å². The number of hydrogen-bond donors (Lipinski definition) is 1. The fourth-order valence-electron chi connectivity index (χ4n) is 2.06. The van der Waals surface area contributed by atoms with Crippen LogP contribution in [0.25, 0.3) is 6.08 Å². The maximum Gasteiger partial charge on any atom is 0.262 e. The van der Waals surface area contributed by atoms with Crippen molar-refractivity contribution >= 4 is 17.7 Å². The lowest BCUT2D eigenvalue weighted by molar-refractivity contribution is -0.117. The lowest BCUT2D eigenvalue weighted by Crippen LogP contribution is -2.23. The van der Waals surface area contributed by atoms with Crippen molar-refractivity contribution in [2.45, 2.75) is 6.54 Å².